The second-order valence-corrected chi connectivity index (χ2v) is 3.95. The van der Waals surface area contributed by atoms with Crippen LogP contribution in [0.25, 0.3) is 0 Å². The van der Waals surface area contributed by atoms with Crippen molar-refractivity contribution in [3.8, 4) is 0 Å². The highest BCUT2D eigenvalue weighted by atomic mass is 16.2. The summed E-state index contributed by atoms with van der Waals surface area (Å²) in [5.74, 6) is 1.74. The second-order valence-electron chi connectivity index (χ2n) is 3.95. The maximum Gasteiger partial charge on any atom is 0.226 e. The van der Waals surface area contributed by atoms with Crippen molar-refractivity contribution >= 4 is 5.91 Å². The van der Waals surface area contributed by atoms with Crippen molar-refractivity contribution in [1.82, 2.24) is 20.1 Å². The second kappa shape index (κ2) is 3.40. The van der Waals surface area contributed by atoms with Crippen LogP contribution in [0.4, 0.5) is 0 Å². The van der Waals surface area contributed by atoms with E-state index in [4.69, 9.17) is 0 Å². The molecule has 0 radical (unpaired) electrons. The van der Waals surface area contributed by atoms with E-state index >= 15 is 0 Å². The lowest BCUT2D eigenvalue weighted by atomic mass is 10.3. The fourth-order valence-corrected chi connectivity index (χ4v) is 1.56. The highest BCUT2D eigenvalue weighted by molar-refractivity contribution is 5.81. The first kappa shape index (κ1) is 9.18. The zero-order valence-electron chi connectivity index (χ0n) is 8.40. The smallest absolute Gasteiger partial charge is 0.226 e. The number of nitrogens with one attached hydrogen (secondary N) is 1. The standard InChI is InChI=1S/C9H14N4O/c1-6-3-7(6)9(14)13(2)4-8-10-5-11-12-8/h5-7H,3-4H2,1-2H3,(H,10,11,12). The van der Waals surface area contributed by atoms with E-state index in [1.807, 2.05) is 0 Å². The number of hydrogen-bond donors (Lipinski definition) is 1. The predicted molar refractivity (Wildman–Crippen MR) is 50.1 cm³/mol. The Morgan fingerprint density at radius 3 is 3.00 bits per heavy atom. The molecule has 1 fully saturated rings. The van der Waals surface area contributed by atoms with Crippen LogP contribution in [0.2, 0.25) is 0 Å². The third kappa shape index (κ3) is 1.76. The van der Waals surface area contributed by atoms with Gasteiger partial charge >= 0.3 is 0 Å². The van der Waals surface area contributed by atoms with Crippen LogP contribution < -0.4 is 0 Å². The van der Waals surface area contributed by atoms with Crippen LogP contribution in [-0.2, 0) is 11.3 Å². The molecule has 2 unspecified atom stereocenters. The van der Waals surface area contributed by atoms with Gasteiger partial charge in [-0.05, 0) is 12.3 Å². The lowest BCUT2D eigenvalue weighted by molar-refractivity contribution is -0.132. The fraction of sp³-hybridized carbons (Fsp3) is 0.667. The van der Waals surface area contributed by atoms with E-state index in [9.17, 15) is 4.79 Å². The monoisotopic (exact) mass is 194 g/mol. The maximum absolute atomic E-state index is 11.7. The van der Waals surface area contributed by atoms with Gasteiger partial charge in [0.15, 0.2) is 0 Å². The molecule has 0 saturated heterocycles. The summed E-state index contributed by atoms with van der Waals surface area (Å²) in [6.45, 7) is 2.62. The highest BCUT2D eigenvalue weighted by Gasteiger charge is 2.40. The van der Waals surface area contributed by atoms with Gasteiger partial charge in [0.05, 0.1) is 6.54 Å². The fourth-order valence-electron chi connectivity index (χ4n) is 1.56. The zero-order valence-corrected chi connectivity index (χ0v) is 8.40. The molecular weight excluding hydrogens is 180 g/mol. The van der Waals surface area contributed by atoms with E-state index in [-0.39, 0.29) is 11.8 Å². The van der Waals surface area contributed by atoms with Crippen molar-refractivity contribution in [3.63, 3.8) is 0 Å². The zero-order chi connectivity index (χ0) is 10.1. The number of carbonyl (C=O) groups is 1. The van der Waals surface area contributed by atoms with Gasteiger partial charge in [-0.15, -0.1) is 0 Å². The van der Waals surface area contributed by atoms with E-state index < -0.39 is 0 Å². The maximum atomic E-state index is 11.7. The molecule has 0 aliphatic heterocycles. The molecule has 2 rings (SSSR count). The Morgan fingerprint density at radius 2 is 2.50 bits per heavy atom. The average Bonchev–Trinajstić information content (AvgIpc) is 2.65. The van der Waals surface area contributed by atoms with Crippen molar-refractivity contribution in [1.29, 1.82) is 0 Å². The molecular formula is C9H14N4O. The van der Waals surface area contributed by atoms with Crippen molar-refractivity contribution in [2.75, 3.05) is 7.05 Å². The minimum atomic E-state index is 0.217. The first-order valence-corrected chi connectivity index (χ1v) is 4.77. The van der Waals surface area contributed by atoms with Crippen LogP contribution in [0, 0.1) is 11.8 Å². The number of rotatable bonds is 3. The number of aromatic nitrogens is 3. The van der Waals surface area contributed by atoms with Gasteiger partial charge in [-0.1, -0.05) is 6.92 Å². The number of aromatic amines is 1. The van der Waals surface area contributed by atoms with Crippen LogP contribution in [-0.4, -0.2) is 33.0 Å². The minimum absolute atomic E-state index is 0.217. The molecule has 5 nitrogen and oxygen atoms in total. The topological polar surface area (TPSA) is 61.9 Å². The largest absolute Gasteiger partial charge is 0.338 e. The van der Waals surface area contributed by atoms with Crippen molar-refractivity contribution < 1.29 is 4.79 Å². The molecule has 1 saturated carbocycles. The lowest BCUT2D eigenvalue weighted by Crippen LogP contribution is -2.28. The van der Waals surface area contributed by atoms with Gasteiger partial charge in [-0.2, -0.15) is 5.10 Å². The molecule has 1 aromatic heterocycles. The molecule has 1 aliphatic carbocycles. The van der Waals surface area contributed by atoms with E-state index in [0.29, 0.717) is 12.5 Å². The van der Waals surface area contributed by atoms with Crippen LogP contribution in [0.3, 0.4) is 0 Å². The molecule has 1 amide bonds. The summed E-state index contributed by atoms with van der Waals surface area (Å²) >= 11 is 0. The molecule has 0 spiro atoms. The Hall–Kier alpha value is -1.39. The van der Waals surface area contributed by atoms with Gasteiger partial charge in [0.25, 0.3) is 0 Å². The molecule has 2 atom stereocenters. The van der Waals surface area contributed by atoms with E-state index in [1.54, 1.807) is 11.9 Å². The van der Waals surface area contributed by atoms with Crippen LogP contribution in [0.5, 0.6) is 0 Å². The highest BCUT2D eigenvalue weighted by Crippen LogP contribution is 2.38. The average molecular weight is 194 g/mol. The molecule has 0 aromatic carbocycles. The van der Waals surface area contributed by atoms with Crippen molar-refractivity contribution in [2.45, 2.75) is 19.9 Å². The summed E-state index contributed by atoms with van der Waals surface area (Å²) in [5, 5.41) is 6.47. The van der Waals surface area contributed by atoms with Crippen LogP contribution >= 0.6 is 0 Å². The number of hydrogen-bond acceptors (Lipinski definition) is 3. The summed E-state index contributed by atoms with van der Waals surface area (Å²) in [7, 11) is 1.80. The first-order valence-electron chi connectivity index (χ1n) is 4.77. The van der Waals surface area contributed by atoms with Gasteiger partial charge in [-0.25, -0.2) is 4.98 Å². The Morgan fingerprint density at radius 1 is 1.79 bits per heavy atom. The lowest BCUT2D eigenvalue weighted by Gasteiger charge is -2.14. The molecule has 0 bridgehead atoms. The number of carbonyl (C=O) groups excluding carboxylic acids is 1. The molecule has 1 N–H and O–H groups in total. The Bertz CT molecular complexity index is 322. The van der Waals surface area contributed by atoms with E-state index in [2.05, 4.69) is 22.1 Å². The van der Waals surface area contributed by atoms with Crippen LogP contribution in [0.1, 0.15) is 19.2 Å². The SMILES string of the molecule is CC1CC1C(=O)N(C)Cc1ncn[nH]1. The Labute approximate surface area is 82.5 Å². The first-order chi connectivity index (χ1) is 6.68. The molecule has 14 heavy (non-hydrogen) atoms. The van der Waals surface area contributed by atoms with Gasteiger partial charge in [0, 0.05) is 13.0 Å². The van der Waals surface area contributed by atoms with Gasteiger partial charge in [-0.3, -0.25) is 9.89 Å². The molecule has 1 heterocycles. The Kier molecular flexibility index (Phi) is 2.23. The number of nitrogens with zero attached hydrogens (tertiary/aromatic N) is 3. The Balaban J connectivity index is 1.89. The quantitative estimate of drug-likeness (QED) is 0.758. The summed E-state index contributed by atoms with van der Waals surface area (Å²) in [6, 6.07) is 0. The van der Waals surface area contributed by atoms with E-state index in [1.165, 1.54) is 6.33 Å². The molecule has 5 heteroatoms. The van der Waals surface area contributed by atoms with E-state index in [0.717, 1.165) is 12.2 Å². The number of H-pyrrole nitrogens is 1. The van der Waals surface area contributed by atoms with Crippen LogP contribution in [0.15, 0.2) is 6.33 Å². The molecule has 1 aromatic rings. The predicted octanol–water partition coefficient (Wildman–Crippen LogP) is 0.419. The van der Waals surface area contributed by atoms with Gasteiger partial charge in [0.1, 0.15) is 12.2 Å². The summed E-state index contributed by atoms with van der Waals surface area (Å²) in [4.78, 5) is 17.4. The minimum Gasteiger partial charge on any atom is -0.338 e. The normalized spacial score (nSPS) is 24.7. The summed E-state index contributed by atoms with van der Waals surface area (Å²) in [6.07, 6.45) is 2.48. The summed E-state index contributed by atoms with van der Waals surface area (Å²) < 4.78 is 0. The summed E-state index contributed by atoms with van der Waals surface area (Å²) in [5.41, 5.74) is 0. The third-order valence-electron chi connectivity index (χ3n) is 2.65. The van der Waals surface area contributed by atoms with Gasteiger partial charge in [0.2, 0.25) is 5.91 Å². The molecule has 76 valence electrons. The molecule has 1 aliphatic rings. The number of amides is 1. The third-order valence-corrected chi connectivity index (χ3v) is 2.65. The van der Waals surface area contributed by atoms with Crippen molar-refractivity contribution in [2.24, 2.45) is 11.8 Å². The van der Waals surface area contributed by atoms with Gasteiger partial charge < -0.3 is 4.90 Å². The van der Waals surface area contributed by atoms with Crippen molar-refractivity contribution in [3.05, 3.63) is 12.2 Å².